The van der Waals surface area contributed by atoms with E-state index in [9.17, 15) is 4.79 Å². The molecule has 33 heavy (non-hydrogen) atoms. The zero-order chi connectivity index (χ0) is 22.9. The van der Waals surface area contributed by atoms with Gasteiger partial charge in [-0.1, -0.05) is 49.7 Å². The highest BCUT2D eigenvalue weighted by molar-refractivity contribution is 5.94. The molecular formula is C28H31NO4. The third kappa shape index (κ3) is 6.28. The van der Waals surface area contributed by atoms with Gasteiger partial charge in [0.2, 0.25) is 0 Å². The number of hydrogen-bond acceptors (Lipinski definition) is 4. The molecule has 0 aliphatic carbocycles. The maximum absolute atomic E-state index is 12.9. The van der Waals surface area contributed by atoms with E-state index in [1.165, 1.54) is 5.56 Å². The molecule has 0 aromatic heterocycles. The van der Waals surface area contributed by atoms with E-state index in [4.69, 9.17) is 14.2 Å². The lowest BCUT2D eigenvalue weighted by molar-refractivity contribution is 0.0934. The minimum Gasteiger partial charge on any atom is -0.494 e. The van der Waals surface area contributed by atoms with Crippen LogP contribution in [0.15, 0.2) is 72.8 Å². The number of hydrogen-bond donors (Lipinski definition) is 1. The number of ether oxygens (including phenoxy) is 3. The van der Waals surface area contributed by atoms with Crippen LogP contribution in [-0.4, -0.2) is 25.7 Å². The first-order chi connectivity index (χ1) is 16.2. The van der Waals surface area contributed by atoms with E-state index in [1.54, 1.807) is 0 Å². The number of aryl methyl sites for hydroxylation is 1. The Kier molecular flexibility index (Phi) is 7.85. The van der Waals surface area contributed by atoms with E-state index < -0.39 is 0 Å². The summed E-state index contributed by atoms with van der Waals surface area (Å²) in [6.07, 6.45) is 3.76. The molecule has 1 aliphatic rings. The Hall–Kier alpha value is -3.47. The molecule has 5 heteroatoms. The Morgan fingerprint density at radius 2 is 1.73 bits per heavy atom. The molecule has 4 rings (SSSR count). The van der Waals surface area contributed by atoms with Crippen molar-refractivity contribution in [2.45, 2.75) is 38.6 Å². The van der Waals surface area contributed by atoms with Crippen molar-refractivity contribution in [2.24, 2.45) is 0 Å². The van der Waals surface area contributed by atoms with Crippen LogP contribution in [0.5, 0.6) is 17.2 Å². The number of nitrogens with one attached hydrogen (secondary N) is 1. The topological polar surface area (TPSA) is 56.8 Å². The monoisotopic (exact) mass is 445 g/mol. The molecule has 0 saturated carbocycles. The van der Waals surface area contributed by atoms with Crippen molar-refractivity contribution in [2.75, 3.05) is 19.8 Å². The fourth-order valence-corrected chi connectivity index (χ4v) is 3.83. The van der Waals surface area contributed by atoms with E-state index >= 15 is 0 Å². The van der Waals surface area contributed by atoms with Crippen molar-refractivity contribution in [1.82, 2.24) is 5.32 Å². The predicted molar refractivity (Wildman–Crippen MR) is 129 cm³/mol. The van der Waals surface area contributed by atoms with Gasteiger partial charge in [0.1, 0.15) is 19.0 Å². The molecule has 0 saturated heterocycles. The average Bonchev–Trinajstić information content (AvgIpc) is 2.87. The second-order valence-electron chi connectivity index (χ2n) is 8.18. The van der Waals surface area contributed by atoms with Crippen molar-refractivity contribution >= 4 is 5.91 Å². The van der Waals surface area contributed by atoms with E-state index in [0.717, 1.165) is 55.1 Å². The average molecular weight is 446 g/mol. The molecule has 3 aromatic carbocycles. The normalized spacial score (nSPS) is 13.2. The van der Waals surface area contributed by atoms with Crippen LogP contribution in [-0.2, 0) is 6.42 Å². The molecule has 0 bridgehead atoms. The van der Waals surface area contributed by atoms with Gasteiger partial charge in [-0.25, -0.2) is 0 Å². The van der Waals surface area contributed by atoms with Crippen molar-refractivity contribution in [3.63, 3.8) is 0 Å². The minimum absolute atomic E-state index is 0.0878. The lowest BCUT2D eigenvalue weighted by Crippen LogP contribution is -2.29. The summed E-state index contributed by atoms with van der Waals surface area (Å²) in [6.45, 7) is 3.98. The molecule has 5 nitrogen and oxygen atoms in total. The van der Waals surface area contributed by atoms with Gasteiger partial charge in [-0.2, -0.15) is 0 Å². The molecule has 1 aliphatic heterocycles. The molecule has 1 amide bonds. The number of amides is 1. The molecular weight excluding hydrogens is 414 g/mol. The number of carbonyl (C=O) groups excluding carboxylic acids is 1. The number of benzene rings is 3. The quantitative estimate of drug-likeness (QED) is 0.404. The van der Waals surface area contributed by atoms with Crippen LogP contribution >= 0.6 is 0 Å². The largest absolute Gasteiger partial charge is 0.494 e. The highest BCUT2D eigenvalue weighted by Crippen LogP contribution is 2.34. The molecule has 0 radical (unpaired) electrons. The molecule has 3 aromatic rings. The summed E-state index contributed by atoms with van der Waals surface area (Å²) in [7, 11) is 0. The molecule has 0 fully saturated rings. The SMILES string of the molecule is CCCCOc1ccc(CCC(NC(=O)c2ccccc2)c2ccc3c(c2)OCCO3)cc1. The lowest BCUT2D eigenvalue weighted by atomic mass is 9.97. The Bertz CT molecular complexity index is 1030. The lowest BCUT2D eigenvalue weighted by Gasteiger charge is -2.23. The van der Waals surface area contributed by atoms with Crippen LogP contribution in [0.25, 0.3) is 0 Å². The van der Waals surface area contributed by atoms with Crippen LogP contribution in [0.3, 0.4) is 0 Å². The van der Waals surface area contributed by atoms with Crippen molar-refractivity contribution in [3.8, 4) is 17.2 Å². The molecule has 172 valence electrons. The second kappa shape index (κ2) is 11.4. The summed E-state index contributed by atoms with van der Waals surface area (Å²) in [5.41, 5.74) is 2.85. The maximum Gasteiger partial charge on any atom is 0.251 e. The molecule has 1 atom stereocenters. The highest BCUT2D eigenvalue weighted by atomic mass is 16.6. The fraction of sp³-hybridized carbons (Fsp3) is 0.321. The molecule has 1 N–H and O–H groups in total. The predicted octanol–water partition coefficient (Wildman–Crippen LogP) is 5.74. The van der Waals surface area contributed by atoms with Crippen molar-refractivity contribution in [1.29, 1.82) is 0 Å². The van der Waals surface area contributed by atoms with Crippen molar-refractivity contribution < 1.29 is 19.0 Å². The van der Waals surface area contributed by atoms with Gasteiger partial charge in [0, 0.05) is 5.56 Å². The van der Waals surface area contributed by atoms with Gasteiger partial charge in [0.25, 0.3) is 5.91 Å². The van der Waals surface area contributed by atoms with Crippen LogP contribution in [0.2, 0.25) is 0 Å². The van der Waals surface area contributed by atoms with Gasteiger partial charge in [-0.05, 0) is 66.8 Å². The maximum atomic E-state index is 12.9. The van der Waals surface area contributed by atoms with Gasteiger partial charge in [0.05, 0.1) is 12.6 Å². The van der Waals surface area contributed by atoms with Gasteiger partial charge < -0.3 is 19.5 Å². The molecule has 1 heterocycles. The Morgan fingerprint density at radius 1 is 0.970 bits per heavy atom. The van der Waals surface area contributed by atoms with E-state index in [1.807, 2.05) is 60.7 Å². The smallest absolute Gasteiger partial charge is 0.251 e. The fourth-order valence-electron chi connectivity index (χ4n) is 3.83. The van der Waals surface area contributed by atoms with Gasteiger partial charge in [-0.15, -0.1) is 0 Å². The summed E-state index contributed by atoms with van der Waals surface area (Å²) in [6, 6.07) is 23.3. The third-order valence-corrected chi connectivity index (χ3v) is 5.72. The van der Waals surface area contributed by atoms with Crippen molar-refractivity contribution in [3.05, 3.63) is 89.5 Å². The zero-order valence-corrected chi connectivity index (χ0v) is 19.1. The first kappa shape index (κ1) is 22.7. The van der Waals surface area contributed by atoms with E-state index in [0.29, 0.717) is 18.8 Å². The number of rotatable bonds is 10. The summed E-state index contributed by atoms with van der Waals surface area (Å²) in [5.74, 6) is 2.28. The van der Waals surface area contributed by atoms with Crippen LogP contribution in [0.1, 0.15) is 53.7 Å². The molecule has 1 unspecified atom stereocenters. The van der Waals surface area contributed by atoms with E-state index in [-0.39, 0.29) is 11.9 Å². The first-order valence-corrected chi connectivity index (χ1v) is 11.7. The van der Waals surface area contributed by atoms with Crippen LogP contribution < -0.4 is 19.5 Å². The Balaban J connectivity index is 1.47. The minimum atomic E-state index is -0.158. The Morgan fingerprint density at radius 3 is 2.48 bits per heavy atom. The second-order valence-corrected chi connectivity index (χ2v) is 8.18. The van der Waals surface area contributed by atoms with E-state index in [2.05, 4.69) is 24.4 Å². The number of unbranched alkanes of at least 4 members (excludes halogenated alkanes) is 1. The zero-order valence-electron chi connectivity index (χ0n) is 19.1. The first-order valence-electron chi connectivity index (χ1n) is 11.7. The standard InChI is InChI=1S/C28H31NO4/c1-2-3-17-31-24-13-9-21(10-14-24)11-15-25(29-28(30)22-7-5-4-6-8-22)23-12-16-26-27(20-23)33-19-18-32-26/h4-10,12-14,16,20,25H,2-3,11,15,17-19H2,1H3,(H,29,30). The highest BCUT2D eigenvalue weighted by Gasteiger charge is 2.19. The summed E-state index contributed by atoms with van der Waals surface area (Å²) in [5, 5.41) is 3.21. The van der Waals surface area contributed by atoms with Crippen LogP contribution in [0, 0.1) is 0 Å². The summed E-state index contributed by atoms with van der Waals surface area (Å²) in [4.78, 5) is 12.9. The molecule has 0 spiro atoms. The summed E-state index contributed by atoms with van der Waals surface area (Å²) >= 11 is 0. The number of fused-ring (bicyclic) bond motifs is 1. The van der Waals surface area contributed by atoms with Gasteiger partial charge >= 0.3 is 0 Å². The van der Waals surface area contributed by atoms with Gasteiger partial charge in [0.15, 0.2) is 11.5 Å². The van der Waals surface area contributed by atoms with Crippen LogP contribution in [0.4, 0.5) is 0 Å². The van der Waals surface area contributed by atoms with Gasteiger partial charge in [-0.3, -0.25) is 4.79 Å². The number of carbonyl (C=O) groups is 1. The Labute approximate surface area is 195 Å². The summed E-state index contributed by atoms with van der Waals surface area (Å²) < 4.78 is 17.2. The third-order valence-electron chi connectivity index (χ3n) is 5.72.